The molecule has 0 unspecified atom stereocenters. The number of hydrogen-bond acceptors (Lipinski definition) is 4. The van der Waals surface area contributed by atoms with E-state index in [9.17, 15) is 17.6 Å². The molecule has 0 aliphatic carbocycles. The van der Waals surface area contributed by atoms with E-state index >= 15 is 0 Å². The van der Waals surface area contributed by atoms with Crippen LogP contribution in [0, 0.1) is 5.82 Å². The summed E-state index contributed by atoms with van der Waals surface area (Å²) in [7, 11) is -3.91. The number of carbonyl (C=O) groups is 1. The van der Waals surface area contributed by atoms with Crippen LogP contribution in [0.15, 0.2) is 40.6 Å². The van der Waals surface area contributed by atoms with Gasteiger partial charge in [-0.1, -0.05) is 18.2 Å². The van der Waals surface area contributed by atoms with E-state index in [0.717, 1.165) is 17.4 Å². The minimum absolute atomic E-state index is 0.0751. The second kappa shape index (κ2) is 5.92. The zero-order valence-electron chi connectivity index (χ0n) is 10.9. The van der Waals surface area contributed by atoms with Crippen LogP contribution in [0.4, 0.5) is 4.39 Å². The molecule has 0 fully saturated rings. The van der Waals surface area contributed by atoms with Crippen LogP contribution in [0.25, 0.3) is 0 Å². The second-order valence-electron chi connectivity index (χ2n) is 4.32. The Kier molecular flexibility index (Phi) is 4.40. The standard InChI is InChI=1S/C13H12FNO4S2/c1-8(10-4-2-3-5-11(10)14)15-21(18,19)9-6-12(13(16)17)20-7-9/h2-8,15H,1H3,(H,16,17)/t8-/m1/s1. The zero-order chi connectivity index (χ0) is 15.6. The highest BCUT2D eigenvalue weighted by Gasteiger charge is 2.22. The lowest BCUT2D eigenvalue weighted by atomic mass is 10.1. The number of carboxylic acids is 1. The number of rotatable bonds is 5. The lowest BCUT2D eigenvalue weighted by molar-refractivity contribution is 0.0702. The molecule has 0 amide bonds. The molecule has 2 rings (SSSR count). The Bertz CT molecular complexity index is 770. The van der Waals surface area contributed by atoms with Crippen molar-refractivity contribution in [1.82, 2.24) is 4.72 Å². The molecule has 8 heteroatoms. The van der Waals surface area contributed by atoms with Crippen molar-refractivity contribution >= 4 is 27.3 Å². The van der Waals surface area contributed by atoms with E-state index in [4.69, 9.17) is 5.11 Å². The fourth-order valence-electron chi connectivity index (χ4n) is 1.76. The number of aromatic carboxylic acids is 1. The zero-order valence-corrected chi connectivity index (χ0v) is 12.5. The van der Waals surface area contributed by atoms with Crippen molar-refractivity contribution in [2.24, 2.45) is 0 Å². The molecule has 0 saturated heterocycles. The maximum Gasteiger partial charge on any atom is 0.345 e. The summed E-state index contributed by atoms with van der Waals surface area (Å²) in [6.07, 6.45) is 0. The van der Waals surface area contributed by atoms with Crippen LogP contribution in [0.2, 0.25) is 0 Å². The first kappa shape index (κ1) is 15.6. The van der Waals surface area contributed by atoms with Crippen molar-refractivity contribution in [1.29, 1.82) is 0 Å². The van der Waals surface area contributed by atoms with E-state index in [0.29, 0.717) is 0 Å². The summed E-state index contributed by atoms with van der Waals surface area (Å²) in [6, 6.07) is 6.15. The van der Waals surface area contributed by atoms with Crippen molar-refractivity contribution in [3.8, 4) is 0 Å². The third kappa shape index (κ3) is 3.46. The number of halogens is 1. The molecule has 0 aliphatic heterocycles. The molecule has 0 spiro atoms. The van der Waals surface area contributed by atoms with Gasteiger partial charge in [-0.05, 0) is 19.1 Å². The van der Waals surface area contributed by atoms with E-state index in [1.54, 1.807) is 6.07 Å². The van der Waals surface area contributed by atoms with Crippen molar-refractivity contribution in [3.05, 3.63) is 52.0 Å². The first-order valence-electron chi connectivity index (χ1n) is 5.90. The average molecular weight is 329 g/mol. The van der Waals surface area contributed by atoms with Crippen molar-refractivity contribution < 1.29 is 22.7 Å². The Labute approximate surface area is 125 Å². The molecule has 0 radical (unpaired) electrons. The lowest BCUT2D eigenvalue weighted by Gasteiger charge is -2.14. The number of sulfonamides is 1. The monoisotopic (exact) mass is 329 g/mol. The van der Waals surface area contributed by atoms with Gasteiger partial charge in [-0.15, -0.1) is 11.3 Å². The summed E-state index contributed by atoms with van der Waals surface area (Å²) in [5.74, 6) is -1.70. The Morgan fingerprint density at radius 1 is 1.38 bits per heavy atom. The molecule has 2 N–H and O–H groups in total. The normalized spacial score (nSPS) is 13.0. The molecular weight excluding hydrogens is 317 g/mol. The lowest BCUT2D eigenvalue weighted by Crippen LogP contribution is -2.27. The van der Waals surface area contributed by atoms with Crippen LogP contribution >= 0.6 is 11.3 Å². The highest BCUT2D eigenvalue weighted by Crippen LogP contribution is 2.23. The summed E-state index contributed by atoms with van der Waals surface area (Å²) >= 11 is 0.818. The van der Waals surface area contributed by atoms with Gasteiger partial charge in [0.15, 0.2) is 0 Å². The van der Waals surface area contributed by atoms with Crippen LogP contribution in [0.3, 0.4) is 0 Å². The molecule has 1 atom stereocenters. The van der Waals surface area contributed by atoms with Crippen LogP contribution in [-0.2, 0) is 10.0 Å². The predicted molar refractivity (Wildman–Crippen MR) is 76.4 cm³/mol. The number of hydrogen-bond donors (Lipinski definition) is 2. The Balaban J connectivity index is 2.24. The molecule has 1 aromatic heterocycles. The van der Waals surface area contributed by atoms with Gasteiger partial charge >= 0.3 is 5.97 Å². The van der Waals surface area contributed by atoms with Crippen molar-refractivity contribution in [2.75, 3.05) is 0 Å². The molecule has 1 heterocycles. The molecular formula is C13H12FNO4S2. The largest absolute Gasteiger partial charge is 0.477 e. The van der Waals surface area contributed by atoms with Gasteiger partial charge in [-0.25, -0.2) is 22.3 Å². The van der Waals surface area contributed by atoms with E-state index in [1.807, 2.05) is 0 Å². The number of benzene rings is 1. The number of carboxylic acid groups (broad SMARTS) is 1. The van der Waals surface area contributed by atoms with Crippen LogP contribution in [-0.4, -0.2) is 19.5 Å². The summed E-state index contributed by atoms with van der Waals surface area (Å²) < 4.78 is 40.2. The van der Waals surface area contributed by atoms with Crippen molar-refractivity contribution in [3.63, 3.8) is 0 Å². The van der Waals surface area contributed by atoms with Gasteiger partial charge in [0.05, 0.1) is 4.90 Å². The van der Waals surface area contributed by atoms with Gasteiger partial charge in [0.2, 0.25) is 10.0 Å². The summed E-state index contributed by atoms with van der Waals surface area (Å²) in [5, 5.41) is 10.0. The van der Waals surface area contributed by atoms with Crippen LogP contribution in [0.5, 0.6) is 0 Å². The predicted octanol–water partition coefficient (Wildman–Crippen LogP) is 2.62. The smallest absolute Gasteiger partial charge is 0.345 e. The van der Waals surface area contributed by atoms with Gasteiger partial charge in [0.1, 0.15) is 10.7 Å². The quantitative estimate of drug-likeness (QED) is 0.883. The Morgan fingerprint density at radius 3 is 2.62 bits per heavy atom. The molecule has 21 heavy (non-hydrogen) atoms. The molecule has 112 valence electrons. The molecule has 0 saturated carbocycles. The third-order valence-electron chi connectivity index (χ3n) is 2.80. The molecule has 0 bridgehead atoms. The number of thiophene rings is 1. The Morgan fingerprint density at radius 2 is 2.05 bits per heavy atom. The summed E-state index contributed by atoms with van der Waals surface area (Å²) in [5.41, 5.74) is 0.217. The minimum Gasteiger partial charge on any atom is -0.477 e. The first-order chi connectivity index (χ1) is 9.81. The van der Waals surface area contributed by atoms with Crippen molar-refractivity contribution in [2.45, 2.75) is 17.9 Å². The maximum absolute atomic E-state index is 13.6. The molecule has 2 aromatic rings. The van der Waals surface area contributed by atoms with E-state index in [-0.39, 0.29) is 15.3 Å². The SMILES string of the molecule is C[C@@H](NS(=O)(=O)c1csc(C(=O)O)c1)c1ccccc1F. The average Bonchev–Trinajstić information content (AvgIpc) is 2.89. The molecule has 0 aliphatic rings. The Hall–Kier alpha value is -1.77. The maximum atomic E-state index is 13.6. The van der Waals surface area contributed by atoms with Gasteiger partial charge in [-0.3, -0.25) is 0 Å². The number of nitrogens with one attached hydrogen (secondary N) is 1. The fourth-order valence-corrected chi connectivity index (χ4v) is 4.10. The topological polar surface area (TPSA) is 83.5 Å². The highest BCUT2D eigenvalue weighted by molar-refractivity contribution is 7.89. The van der Waals surface area contributed by atoms with Crippen LogP contribution < -0.4 is 4.72 Å². The second-order valence-corrected chi connectivity index (χ2v) is 6.94. The van der Waals surface area contributed by atoms with Gasteiger partial charge in [0.25, 0.3) is 0 Å². The van der Waals surface area contributed by atoms with Gasteiger partial charge in [0, 0.05) is 17.0 Å². The van der Waals surface area contributed by atoms with E-state index < -0.39 is 27.9 Å². The third-order valence-corrected chi connectivity index (χ3v) is 5.39. The molecule has 5 nitrogen and oxygen atoms in total. The summed E-state index contributed by atoms with van der Waals surface area (Å²) in [4.78, 5) is 10.6. The van der Waals surface area contributed by atoms with E-state index in [2.05, 4.69) is 4.72 Å². The first-order valence-corrected chi connectivity index (χ1v) is 8.26. The summed E-state index contributed by atoms with van der Waals surface area (Å²) in [6.45, 7) is 1.51. The highest BCUT2D eigenvalue weighted by atomic mass is 32.2. The van der Waals surface area contributed by atoms with E-state index in [1.165, 1.54) is 30.5 Å². The minimum atomic E-state index is -3.91. The molecule has 1 aromatic carbocycles. The fraction of sp³-hybridized carbons (Fsp3) is 0.154. The van der Waals surface area contributed by atoms with Gasteiger partial charge in [-0.2, -0.15) is 0 Å². The van der Waals surface area contributed by atoms with Gasteiger partial charge < -0.3 is 5.11 Å². The van der Waals surface area contributed by atoms with Crippen LogP contribution in [0.1, 0.15) is 28.2 Å².